The number of rotatable bonds is 2. The Morgan fingerprint density at radius 1 is 1.09 bits per heavy atom. The number of hydrogen-bond donors (Lipinski definition) is 0. The second-order valence-corrected chi connectivity index (χ2v) is 6.88. The molecule has 0 saturated heterocycles. The first-order valence-electron chi connectivity index (χ1n) is 6.73. The third-order valence-corrected chi connectivity index (χ3v) is 4.85. The van der Waals surface area contributed by atoms with Crippen molar-refractivity contribution in [2.45, 2.75) is 6.42 Å². The monoisotopic (exact) mass is 371 g/mol. The minimum Gasteiger partial charge on any atom is -0.267 e. The van der Waals surface area contributed by atoms with Crippen LogP contribution in [-0.2, 0) is 6.42 Å². The van der Waals surface area contributed by atoms with Crippen molar-refractivity contribution < 1.29 is 0 Å². The zero-order valence-corrected chi connectivity index (χ0v) is 13.8. The largest absolute Gasteiger partial charge is 0.283 e. The lowest BCUT2D eigenvalue weighted by atomic mass is 10.2. The molecule has 0 aliphatic heterocycles. The van der Waals surface area contributed by atoms with Gasteiger partial charge in [-0.3, -0.25) is 4.79 Å². The molecule has 0 radical (unpaired) electrons. The van der Waals surface area contributed by atoms with Crippen molar-refractivity contribution in [2.75, 3.05) is 0 Å². The van der Waals surface area contributed by atoms with Gasteiger partial charge in [0, 0.05) is 10.9 Å². The minimum atomic E-state index is -0.112. The summed E-state index contributed by atoms with van der Waals surface area (Å²) in [6.07, 6.45) is 0.692. The predicted octanol–water partition coefficient (Wildman–Crippen LogP) is 3.66. The van der Waals surface area contributed by atoms with Crippen LogP contribution in [0.25, 0.3) is 15.9 Å². The van der Waals surface area contributed by atoms with Crippen molar-refractivity contribution in [1.29, 1.82) is 0 Å². The summed E-state index contributed by atoms with van der Waals surface area (Å²) in [7, 11) is 0. The molecule has 4 rings (SSSR count). The number of benzene rings is 2. The van der Waals surface area contributed by atoms with E-state index < -0.39 is 0 Å². The van der Waals surface area contributed by atoms with E-state index in [-0.39, 0.29) is 5.56 Å². The molecule has 2 heterocycles. The SMILES string of the molecule is O=c1c2ccccc2nc2sc(Cc3ccc(Br)cc3)nn12. The van der Waals surface area contributed by atoms with Crippen LogP contribution in [0.2, 0.25) is 0 Å². The van der Waals surface area contributed by atoms with Gasteiger partial charge < -0.3 is 0 Å². The zero-order valence-electron chi connectivity index (χ0n) is 11.4. The molecule has 0 saturated carbocycles. The van der Waals surface area contributed by atoms with Gasteiger partial charge in [-0.1, -0.05) is 51.5 Å². The molecule has 0 amide bonds. The highest BCUT2D eigenvalue weighted by Gasteiger charge is 2.10. The Balaban J connectivity index is 1.83. The maximum absolute atomic E-state index is 12.5. The van der Waals surface area contributed by atoms with E-state index in [9.17, 15) is 4.79 Å². The Morgan fingerprint density at radius 2 is 1.86 bits per heavy atom. The van der Waals surface area contributed by atoms with Gasteiger partial charge in [-0.2, -0.15) is 9.61 Å². The normalized spacial score (nSPS) is 11.3. The van der Waals surface area contributed by atoms with Crippen LogP contribution in [0.1, 0.15) is 10.6 Å². The number of para-hydroxylation sites is 1. The van der Waals surface area contributed by atoms with E-state index >= 15 is 0 Å². The third-order valence-electron chi connectivity index (χ3n) is 3.41. The molecule has 0 aliphatic rings. The molecule has 0 bridgehead atoms. The maximum atomic E-state index is 12.5. The Labute approximate surface area is 138 Å². The van der Waals surface area contributed by atoms with Crippen molar-refractivity contribution in [3.63, 3.8) is 0 Å². The van der Waals surface area contributed by atoms with Crippen molar-refractivity contribution in [1.82, 2.24) is 14.6 Å². The molecule has 0 spiro atoms. The molecule has 108 valence electrons. The fraction of sp³-hybridized carbons (Fsp3) is 0.0625. The first-order chi connectivity index (χ1) is 10.7. The lowest BCUT2D eigenvalue weighted by Gasteiger charge is -1.97. The summed E-state index contributed by atoms with van der Waals surface area (Å²) in [6, 6.07) is 15.5. The number of aromatic nitrogens is 3. The van der Waals surface area contributed by atoms with Crippen molar-refractivity contribution >= 4 is 43.1 Å². The highest BCUT2D eigenvalue weighted by atomic mass is 79.9. The Bertz CT molecular complexity index is 1040. The first kappa shape index (κ1) is 13.6. The summed E-state index contributed by atoms with van der Waals surface area (Å²) in [5.41, 5.74) is 1.75. The van der Waals surface area contributed by atoms with Crippen molar-refractivity contribution in [3.8, 4) is 0 Å². The Hall–Kier alpha value is -2.05. The van der Waals surface area contributed by atoms with Crippen LogP contribution >= 0.6 is 27.3 Å². The van der Waals surface area contributed by atoms with Crippen LogP contribution in [0, 0.1) is 0 Å². The molecule has 0 atom stereocenters. The van der Waals surface area contributed by atoms with Gasteiger partial charge >= 0.3 is 0 Å². The minimum absolute atomic E-state index is 0.112. The van der Waals surface area contributed by atoms with Crippen LogP contribution in [0.3, 0.4) is 0 Å². The van der Waals surface area contributed by atoms with Gasteiger partial charge in [-0.05, 0) is 29.8 Å². The molecule has 2 aromatic heterocycles. The van der Waals surface area contributed by atoms with E-state index in [1.165, 1.54) is 15.9 Å². The fourth-order valence-corrected chi connectivity index (χ4v) is 3.53. The molecular formula is C16H10BrN3OS. The highest BCUT2D eigenvalue weighted by Crippen LogP contribution is 2.19. The summed E-state index contributed by atoms with van der Waals surface area (Å²) in [5.74, 6) is 0. The number of halogens is 1. The topological polar surface area (TPSA) is 47.3 Å². The van der Waals surface area contributed by atoms with Gasteiger partial charge in [0.25, 0.3) is 5.56 Å². The second-order valence-electron chi connectivity index (χ2n) is 4.93. The predicted molar refractivity (Wildman–Crippen MR) is 91.6 cm³/mol. The Kier molecular flexibility index (Phi) is 3.28. The van der Waals surface area contributed by atoms with E-state index in [1.54, 1.807) is 6.07 Å². The zero-order chi connectivity index (χ0) is 15.1. The van der Waals surface area contributed by atoms with Gasteiger partial charge in [0.05, 0.1) is 10.9 Å². The molecule has 6 heteroatoms. The average Bonchev–Trinajstić information content (AvgIpc) is 2.93. The van der Waals surface area contributed by atoms with E-state index in [4.69, 9.17) is 0 Å². The van der Waals surface area contributed by atoms with E-state index in [0.717, 1.165) is 15.0 Å². The van der Waals surface area contributed by atoms with Crippen LogP contribution in [0.5, 0.6) is 0 Å². The molecule has 0 N–H and O–H groups in total. The molecule has 0 unspecified atom stereocenters. The van der Waals surface area contributed by atoms with Crippen LogP contribution < -0.4 is 5.56 Å². The standard InChI is InChI=1S/C16H10BrN3OS/c17-11-7-5-10(6-8-11)9-14-19-20-15(21)12-3-1-2-4-13(12)18-16(20)22-14/h1-8H,9H2. The number of fused-ring (bicyclic) bond motifs is 2. The lowest BCUT2D eigenvalue weighted by Crippen LogP contribution is -2.15. The average molecular weight is 372 g/mol. The summed E-state index contributed by atoms with van der Waals surface area (Å²) >= 11 is 4.88. The summed E-state index contributed by atoms with van der Waals surface area (Å²) in [5, 5.41) is 5.90. The number of hydrogen-bond acceptors (Lipinski definition) is 4. The first-order valence-corrected chi connectivity index (χ1v) is 8.33. The van der Waals surface area contributed by atoms with Crippen LogP contribution in [0.4, 0.5) is 0 Å². The smallest absolute Gasteiger partial charge is 0.267 e. The highest BCUT2D eigenvalue weighted by molar-refractivity contribution is 9.10. The molecular weight excluding hydrogens is 362 g/mol. The summed E-state index contributed by atoms with van der Waals surface area (Å²) < 4.78 is 2.45. The van der Waals surface area contributed by atoms with E-state index in [1.807, 2.05) is 42.5 Å². The fourth-order valence-electron chi connectivity index (χ4n) is 2.34. The third kappa shape index (κ3) is 2.34. The van der Waals surface area contributed by atoms with Gasteiger partial charge in [-0.25, -0.2) is 4.98 Å². The van der Waals surface area contributed by atoms with E-state index in [2.05, 4.69) is 26.0 Å². The molecule has 22 heavy (non-hydrogen) atoms. The Morgan fingerprint density at radius 3 is 2.68 bits per heavy atom. The molecule has 0 fully saturated rings. The van der Waals surface area contributed by atoms with Gasteiger partial charge in [-0.15, -0.1) is 0 Å². The number of nitrogens with zero attached hydrogens (tertiary/aromatic N) is 3. The molecule has 2 aromatic carbocycles. The van der Waals surface area contributed by atoms with Crippen molar-refractivity contribution in [3.05, 3.63) is 73.9 Å². The van der Waals surface area contributed by atoms with Crippen molar-refractivity contribution in [2.24, 2.45) is 0 Å². The van der Waals surface area contributed by atoms with Gasteiger partial charge in [0.2, 0.25) is 4.96 Å². The second kappa shape index (κ2) is 5.30. The lowest BCUT2D eigenvalue weighted by molar-refractivity contribution is 0.878. The van der Waals surface area contributed by atoms with Gasteiger partial charge in [0.1, 0.15) is 5.01 Å². The quantitative estimate of drug-likeness (QED) is 0.540. The van der Waals surface area contributed by atoms with Gasteiger partial charge in [0.15, 0.2) is 0 Å². The van der Waals surface area contributed by atoms with Crippen LogP contribution in [0.15, 0.2) is 57.8 Å². The molecule has 4 aromatic rings. The molecule has 4 nitrogen and oxygen atoms in total. The summed E-state index contributed by atoms with van der Waals surface area (Å²) in [6.45, 7) is 0. The molecule has 0 aliphatic carbocycles. The summed E-state index contributed by atoms with van der Waals surface area (Å²) in [4.78, 5) is 17.6. The van der Waals surface area contributed by atoms with Crippen LogP contribution in [-0.4, -0.2) is 14.6 Å². The maximum Gasteiger partial charge on any atom is 0.283 e. The van der Waals surface area contributed by atoms with E-state index in [0.29, 0.717) is 22.3 Å².